The summed E-state index contributed by atoms with van der Waals surface area (Å²) >= 11 is 0. The Morgan fingerprint density at radius 1 is 0.968 bits per heavy atom. The number of amidine groups is 1. The maximum atomic E-state index is 14.6. The van der Waals surface area contributed by atoms with Crippen molar-refractivity contribution in [3.8, 4) is 11.1 Å². The van der Waals surface area contributed by atoms with E-state index >= 15 is 0 Å². The topological polar surface area (TPSA) is 50.9 Å². The van der Waals surface area contributed by atoms with Gasteiger partial charge in [0.1, 0.15) is 5.82 Å². The first-order valence-corrected chi connectivity index (χ1v) is 9.99. The number of furan rings is 1. The monoisotopic (exact) mass is 413 g/mol. The largest absolute Gasteiger partial charge is 0.461 e. The summed E-state index contributed by atoms with van der Waals surface area (Å²) in [4.78, 5) is 12.1. The number of aryl methyl sites for hydroxylation is 1. The van der Waals surface area contributed by atoms with Crippen LogP contribution >= 0.6 is 0 Å². The van der Waals surface area contributed by atoms with Crippen molar-refractivity contribution in [3.63, 3.8) is 0 Å². The highest BCUT2D eigenvalue weighted by atomic mass is 19.1. The Kier molecular flexibility index (Phi) is 4.96. The minimum absolute atomic E-state index is 0.275. The van der Waals surface area contributed by atoms with Crippen molar-refractivity contribution < 1.29 is 13.6 Å². The number of halogens is 1. The molecule has 4 aromatic rings. The van der Waals surface area contributed by atoms with Gasteiger partial charge in [-0.2, -0.15) is 0 Å². The number of rotatable bonds is 5. The van der Waals surface area contributed by atoms with E-state index in [-0.39, 0.29) is 5.82 Å². The lowest BCUT2D eigenvalue weighted by atomic mass is 10.0. The molecule has 0 N–H and O–H groups in total. The molecule has 1 aliphatic heterocycles. The molecule has 2 aromatic carbocycles. The number of pyridine rings is 1. The first-order valence-electron chi connectivity index (χ1n) is 9.99. The van der Waals surface area contributed by atoms with Gasteiger partial charge in [0.15, 0.2) is 5.76 Å². The Morgan fingerprint density at radius 3 is 2.58 bits per heavy atom. The Morgan fingerprint density at radius 2 is 1.81 bits per heavy atom. The highest BCUT2D eigenvalue weighted by Crippen LogP contribution is 2.34. The number of hydrogen-bond acceptors (Lipinski definition) is 5. The number of hydrogen-bond donors (Lipinski definition) is 0. The van der Waals surface area contributed by atoms with E-state index < -0.39 is 6.23 Å². The smallest absolute Gasteiger partial charge is 0.227 e. The third-order valence-corrected chi connectivity index (χ3v) is 5.31. The molecule has 154 valence electrons. The molecule has 3 heterocycles. The van der Waals surface area contributed by atoms with Gasteiger partial charge >= 0.3 is 0 Å². The highest BCUT2D eigenvalue weighted by Gasteiger charge is 2.34. The molecule has 0 bridgehead atoms. The molecule has 0 spiro atoms. The van der Waals surface area contributed by atoms with E-state index in [1.54, 1.807) is 30.8 Å². The van der Waals surface area contributed by atoms with Gasteiger partial charge in [-0.3, -0.25) is 4.98 Å². The van der Waals surface area contributed by atoms with Gasteiger partial charge in [-0.1, -0.05) is 53.2 Å². The summed E-state index contributed by atoms with van der Waals surface area (Å²) in [5.74, 6) is 0.910. The summed E-state index contributed by atoms with van der Waals surface area (Å²) < 4.78 is 20.1. The second kappa shape index (κ2) is 8.07. The Balaban J connectivity index is 1.55. The van der Waals surface area contributed by atoms with E-state index in [0.29, 0.717) is 23.7 Å². The highest BCUT2D eigenvalue weighted by molar-refractivity contribution is 5.96. The zero-order valence-corrected chi connectivity index (χ0v) is 16.9. The molecule has 0 fully saturated rings. The number of aromatic nitrogens is 1. The predicted octanol–water partition coefficient (Wildman–Crippen LogP) is 5.68. The number of oxime groups is 1. The van der Waals surface area contributed by atoms with Crippen LogP contribution in [0.4, 0.5) is 4.39 Å². The molecule has 6 heteroatoms. The molecule has 0 saturated carbocycles. The van der Waals surface area contributed by atoms with Crippen molar-refractivity contribution in [3.05, 3.63) is 114 Å². The summed E-state index contributed by atoms with van der Waals surface area (Å²) in [7, 11) is 0. The second-order valence-corrected chi connectivity index (χ2v) is 7.40. The van der Waals surface area contributed by atoms with Crippen molar-refractivity contribution in [2.24, 2.45) is 5.16 Å². The van der Waals surface area contributed by atoms with Gasteiger partial charge < -0.3 is 14.2 Å². The van der Waals surface area contributed by atoms with Crippen molar-refractivity contribution in [1.29, 1.82) is 0 Å². The maximum Gasteiger partial charge on any atom is 0.227 e. The minimum Gasteiger partial charge on any atom is -0.461 e. The van der Waals surface area contributed by atoms with Gasteiger partial charge in [0, 0.05) is 23.5 Å². The fourth-order valence-electron chi connectivity index (χ4n) is 3.72. The molecule has 1 unspecified atom stereocenters. The normalized spacial score (nSPS) is 15.6. The van der Waals surface area contributed by atoms with Gasteiger partial charge in [0.05, 0.1) is 12.8 Å². The van der Waals surface area contributed by atoms with Crippen LogP contribution in [0.3, 0.4) is 0 Å². The van der Waals surface area contributed by atoms with Crippen LogP contribution in [0.5, 0.6) is 0 Å². The van der Waals surface area contributed by atoms with Crippen molar-refractivity contribution in [2.75, 3.05) is 0 Å². The van der Waals surface area contributed by atoms with Crippen molar-refractivity contribution in [1.82, 2.24) is 9.88 Å². The maximum absolute atomic E-state index is 14.6. The van der Waals surface area contributed by atoms with E-state index in [9.17, 15) is 4.39 Å². The van der Waals surface area contributed by atoms with E-state index in [4.69, 9.17) is 9.25 Å². The first kappa shape index (κ1) is 19.1. The summed E-state index contributed by atoms with van der Waals surface area (Å²) in [5.41, 5.74) is 4.29. The number of nitrogens with zero attached hydrogens (tertiary/aromatic N) is 3. The second-order valence-electron chi connectivity index (χ2n) is 7.40. The third kappa shape index (κ3) is 3.68. The molecular weight excluding hydrogens is 393 g/mol. The fourth-order valence-corrected chi connectivity index (χ4v) is 3.72. The standard InChI is InChI=1S/C25H20FN3O2/c1-17-8-10-18(11-9-17)25-29(24(28-31-25)23-7-4-14-30-23)16-19-15-27-13-12-20(19)21-5-2-3-6-22(21)26/h2-15,25H,16H2,1H3. The van der Waals surface area contributed by atoms with Crippen molar-refractivity contribution >= 4 is 5.84 Å². The third-order valence-electron chi connectivity index (χ3n) is 5.31. The summed E-state index contributed by atoms with van der Waals surface area (Å²) in [5, 5.41) is 4.31. The molecule has 1 atom stereocenters. The Hall–Kier alpha value is -3.93. The Bertz CT molecular complexity index is 1220. The van der Waals surface area contributed by atoms with E-state index in [2.05, 4.69) is 10.1 Å². The molecule has 5 nitrogen and oxygen atoms in total. The molecule has 1 aliphatic rings. The van der Waals surface area contributed by atoms with Gasteiger partial charge in [-0.15, -0.1) is 0 Å². The van der Waals surface area contributed by atoms with Gasteiger partial charge in [-0.25, -0.2) is 4.39 Å². The van der Waals surface area contributed by atoms with Crippen LogP contribution in [-0.2, 0) is 11.4 Å². The molecule has 5 rings (SSSR count). The Labute approximate surface area is 179 Å². The summed E-state index contributed by atoms with van der Waals surface area (Å²) in [6, 6.07) is 20.3. The molecule has 31 heavy (non-hydrogen) atoms. The average molecular weight is 413 g/mol. The van der Waals surface area contributed by atoms with E-state index in [1.165, 1.54) is 6.07 Å². The van der Waals surface area contributed by atoms with Crippen LogP contribution in [0, 0.1) is 12.7 Å². The fraction of sp³-hybridized carbons (Fsp3) is 0.120. The zero-order chi connectivity index (χ0) is 21.2. The lowest BCUT2D eigenvalue weighted by Gasteiger charge is -2.26. The van der Waals surface area contributed by atoms with Crippen LogP contribution in [-0.4, -0.2) is 15.7 Å². The van der Waals surface area contributed by atoms with Crippen molar-refractivity contribution in [2.45, 2.75) is 19.7 Å². The molecule has 2 aromatic heterocycles. The summed E-state index contributed by atoms with van der Waals surface area (Å²) in [6.07, 6.45) is 4.59. The molecule has 0 radical (unpaired) electrons. The molecule has 0 saturated heterocycles. The van der Waals surface area contributed by atoms with Gasteiger partial charge in [-0.05, 0) is 42.3 Å². The van der Waals surface area contributed by atoms with Crippen LogP contribution in [0.25, 0.3) is 11.1 Å². The van der Waals surface area contributed by atoms with Crippen LogP contribution in [0.1, 0.15) is 28.7 Å². The quantitative estimate of drug-likeness (QED) is 0.422. The van der Waals surface area contributed by atoms with E-state index in [1.807, 2.05) is 60.4 Å². The predicted molar refractivity (Wildman–Crippen MR) is 115 cm³/mol. The van der Waals surface area contributed by atoms with Gasteiger partial charge in [0.25, 0.3) is 0 Å². The lowest BCUT2D eigenvalue weighted by Crippen LogP contribution is -2.31. The van der Waals surface area contributed by atoms with Crippen LogP contribution in [0.15, 0.2) is 95.0 Å². The van der Waals surface area contributed by atoms with Crippen LogP contribution < -0.4 is 0 Å². The first-order chi connectivity index (χ1) is 15.2. The SMILES string of the molecule is Cc1ccc(C2ON=C(c3ccco3)N2Cc2cnccc2-c2ccccc2F)cc1. The minimum atomic E-state index is -0.436. The van der Waals surface area contributed by atoms with E-state index in [0.717, 1.165) is 22.3 Å². The molecule has 0 aliphatic carbocycles. The zero-order valence-electron chi connectivity index (χ0n) is 16.9. The van der Waals surface area contributed by atoms with Gasteiger partial charge in [0.2, 0.25) is 12.1 Å². The summed E-state index contributed by atoms with van der Waals surface area (Å²) in [6.45, 7) is 2.45. The number of benzene rings is 2. The lowest BCUT2D eigenvalue weighted by molar-refractivity contribution is 0.00575. The average Bonchev–Trinajstić information content (AvgIpc) is 3.45. The molecule has 0 amide bonds. The molecular formula is C25H20FN3O2. The van der Waals surface area contributed by atoms with Crippen LogP contribution in [0.2, 0.25) is 0 Å².